The van der Waals surface area contributed by atoms with Gasteiger partial charge in [-0.1, -0.05) is 23.7 Å². The molecule has 0 bridgehead atoms. The summed E-state index contributed by atoms with van der Waals surface area (Å²) >= 11 is 9.33. The first-order valence-electron chi connectivity index (χ1n) is 7.18. The van der Waals surface area contributed by atoms with Gasteiger partial charge < -0.3 is 5.32 Å². The fourth-order valence-electron chi connectivity index (χ4n) is 2.20. The molecule has 22 heavy (non-hydrogen) atoms. The van der Waals surface area contributed by atoms with E-state index in [2.05, 4.69) is 26.3 Å². The van der Waals surface area contributed by atoms with Gasteiger partial charge in [0.05, 0.1) is 16.6 Å². The number of amides is 1. The number of benzene rings is 1. The molecule has 0 saturated carbocycles. The number of rotatable bonds is 6. The monoisotopic (exact) mass is 383 g/mol. The van der Waals surface area contributed by atoms with E-state index in [0.29, 0.717) is 18.0 Å². The zero-order valence-corrected chi connectivity index (χ0v) is 15.0. The minimum atomic E-state index is 0.0249. The molecule has 0 saturated heterocycles. The maximum Gasteiger partial charge on any atom is 0.224 e. The van der Waals surface area contributed by atoms with Gasteiger partial charge in [0.1, 0.15) is 0 Å². The quantitative estimate of drug-likeness (QED) is 0.773. The Morgan fingerprint density at radius 2 is 2.00 bits per heavy atom. The van der Waals surface area contributed by atoms with E-state index < -0.39 is 0 Å². The SMILES string of the molecule is Cc1nn(CCCNC(=O)Cc2ccc(Cl)cc2)c(C)c1Br. The van der Waals surface area contributed by atoms with Crippen LogP contribution in [0.25, 0.3) is 0 Å². The van der Waals surface area contributed by atoms with Crippen LogP contribution in [0.15, 0.2) is 28.7 Å². The molecule has 118 valence electrons. The summed E-state index contributed by atoms with van der Waals surface area (Å²) in [5, 5.41) is 8.06. The van der Waals surface area contributed by atoms with Crippen LogP contribution in [0.2, 0.25) is 5.02 Å². The number of nitrogens with one attached hydrogen (secondary N) is 1. The number of carbonyl (C=O) groups is 1. The fourth-order valence-corrected chi connectivity index (χ4v) is 2.61. The van der Waals surface area contributed by atoms with Crippen molar-refractivity contribution in [3.05, 3.63) is 50.7 Å². The molecular formula is C16H19BrClN3O. The number of carbonyl (C=O) groups excluding carboxylic acids is 1. The lowest BCUT2D eigenvalue weighted by Gasteiger charge is -2.07. The minimum absolute atomic E-state index is 0.0249. The Bertz CT molecular complexity index is 652. The molecule has 0 aliphatic heterocycles. The van der Waals surface area contributed by atoms with E-state index in [1.54, 1.807) is 12.1 Å². The average molecular weight is 385 g/mol. The van der Waals surface area contributed by atoms with Gasteiger partial charge in [-0.25, -0.2) is 0 Å². The number of hydrogen-bond donors (Lipinski definition) is 1. The number of aromatic nitrogens is 2. The van der Waals surface area contributed by atoms with E-state index in [1.165, 1.54) is 0 Å². The van der Waals surface area contributed by atoms with Crippen molar-refractivity contribution in [1.29, 1.82) is 0 Å². The Morgan fingerprint density at radius 1 is 1.32 bits per heavy atom. The number of hydrogen-bond acceptors (Lipinski definition) is 2. The minimum Gasteiger partial charge on any atom is -0.356 e. The van der Waals surface area contributed by atoms with Crippen LogP contribution in [-0.4, -0.2) is 22.2 Å². The van der Waals surface area contributed by atoms with Gasteiger partial charge in [-0.3, -0.25) is 9.48 Å². The van der Waals surface area contributed by atoms with Gasteiger partial charge in [-0.05, 0) is 53.9 Å². The molecule has 0 unspecified atom stereocenters. The van der Waals surface area contributed by atoms with Crippen LogP contribution in [-0.2, 0) is 17.8 Å². The van der Waals surface area contributed by atoms with Gasteiger partial charge in [0, 0.05) is 23.8 Å². The Morgan fingerprint density at radius 3 is 2.59 bits per heavy atom. The summed E-state index contributed by atoms with van der Waals surface area (Å²) in [4.78, 5) is 11.9. The predicted molar refractivity (Wildman–Crippen MR) is 92.2 cm³/mol. The van der Waals surface area contributed by atoms with Crippen LogP contribution < -0.4 is 5.32 Å². The topological polar surface area (TPSA) is 46.9 Å². The molecule has 1 heterocycles. The first kappa shape index (κ1) is 17.0. The molecule has 0 spiro atoms. The molecule has 1 aromatic carbocycles. The van der Waals surface area contributed by atoms with Crippen molar-refractivity contribution < 1.29 is 4.79 Å². The molecule has 2 rings (SSSR count). The van der Waals surface area contributed by atoms with Crippen molar-refractivity contribution >= 4 is 33.4 Å². The zero-order chi connectivity index (χ0) is 16.1. The fraction of sp³-hybridized carbons (Fsp3) is 0.375. The molecule has 6 heteroatoms. The second-order valence-electron chi connectivity index (χ2n) is 5.21. The predicted octanol–water partition coefficient (Wildman–Crippen LogP) is 3.66. The largest absolute Gasteiger partial charge is 0.356 e. The highest BCUT2D eigenvalue weighted by molar-refractivity contribution is 9.10. The molecule has 1 aromatic heterocycles. The van der Waals surface area contributed by atoms with E-state index in [9.17, 15) is 4.79 Å². The van der Waals surface area contributed by atoms with Crippen LogP contribution in [0, 0.1) is 13.8 Å². The summed E-state index contributed by atoms with van der Waals surface area (Å²) in [7, 11) is 0. The summed E-state index contributed by atoms with van der Waals surface area (Å²) in [5.41, 5.74) is 3.07. The molecule has 2 aromatic rings. The highest BCUT2D eigenvalue weighted by Crippen LogP contribution is 2.19. The van der Waals surface area contributed by atoms with Crippen LogP contribution in [0.5, 0.6) is 0 Å². The first-order valence-corrected chi connectivity index (χ1v) is 8.35. The van der Waals surface area contributed by atoms with Gasteiger partial charge in [-0.2, -0.15) is 5.10 Å². The molecule has 0 atom stereocenters. The van der Waals surface area contributed by atoms with Crippen molar-refractivity contribution in [2.45, 2.75) is 33.2 Å². The molecule has 4 nitrogen and oxygen atoms in total. The molecule has 1 N–H and O–H groups in total. The van der Waals surface area contributed by atoms with Gasteiger partial charge in [0.15, 0.2) is 0 Å². The number of halogens is 2. The van der Waals surface area contributed by atoms with Gasteiger partial charge >= 0.3 is 0 Å². The first-order chi connectivity index (χ1) is 10.5. The van der Waals surface area contributed by atoms with Crippen molar-refractivity contribution in [1.82, 2.24) is 15.1 Å². The highest BCUT2D eigenvalue weighted by Gasteiger charge is 2.08. The van der Waals surface area contributed by atoms with Gasteiger partial charge in [0.2, 0.25) is 5.91 Å². The van der Waals surface area contributed by atoms with Crippen molar-refractivity contribution in [2.75, 3.05) is 6.54 Å². The van der Waals surface area contributed by atoms with Crippen LogP contribution in [0.3, 0.4) is 0 Å². The Hall–Kier alpha value is -1.33. The maximum atomic E-state index is 11.9. The normalized spacial score (nSPS) is 10.7. The summed E-state index contributed by atoms with van der Waals surface area (Å²) in [6, 6.07) is 7.33. The van der Waals surface area contributed by atoms with Crippen LogP contribution >= 0.6 is 27.5 Å². The molecule has 0 aliphatic rings. The van der Waals surface area contributed by atoms with E-state index in [1.807, 2.05) is 30.7 Å². The smallest absolute Gasteiger partial charge is 0.224 e. The van der Waals surface area contributed by atoms with Crippen LogP contribution in [0.4, 0.5) is 0 Å². The molecule has 0 radical (unpaired) electrons. The van der Waals surface area contributed by atoms with Crippen molar-refractivity contribution in [3.8, 4) is 0 Å². The molecule has 0 fully saturated rings. The van der Waals surface area contributed by atoms with E-state index >= 15 is 0 Å². The molecule has 1 amide bonds. The third-order valence-electron chi connectivity index (χ3n) is 3.44. The second-order valence-corrected chi connectivity index (χ2v) is 6.44. The summed E-state index contributed by atoms with van der Waals surface area (Å²) in [6.45, 7) is 5.44. The van der Waals surface area contributed by atoms with Gasteiger partial charge in [0.25, 0.3) is 0 Å². The van der Waals surface area contributed by atoms with E-state index in [0.717, 1.165) is 34.4 Å². The average Bonchev–Trinajstić information content (AvgIpc) is 2.73. The lowest BCUT2D eigenvalue weighted by atomic mass is 10.1. The van der Waals surface area contributed by atoms with Crippen molar-refractivity contribution in [3.63, 3.8) is 0 Å². The molecular weight excluding hydrogens is 366 g/mol. The zero-order valence-electron chi connectivity index (χ0n) is 12.7. The standard InChI is InChI=1S/C16H19BrClN3O/c1-11-16(17)12(2)21(20-11)9-3-8-19-15(22)10-13-4-6-14(18)7-5-13/h4-7H,3,8-10H2,1-2H3,(H,19,22). The van der Waals surface area contributed by atoms with E-state index in [4.69, 9.17) is 11.6 Å². The van der Waals surface area contributed by atoms with E-state index in [-0.39, 0.29) is 5.91 Å². The van der Waals surface area contributed by atoms with Crippen LogP contribution in [0.1, 0.15) is 23.4 Å². The number of aryl methyl sites for hydroxylation is 2. The van der Waals surface area contributed by atoms with Gasteiger partial charge in [-0.15, -0.1) is 0 Å². The number of nitrogens with zero attached hydrogens (tertiary/aromatic N) is 2. The Labute approximate surface area is 144 Å². The Kier molecular flexibility index (Phi) is 6.03. The second kappa shape index (κ2) is 7.79. The van der Waals surface area contributed by atoms with Crippen molar-refractivity contribution in [2.24, 2.45) is 0 Å². The maximum absolute atomic E-state index is 11.9. The summed E-state index contributed by atoms with van der Waals surface area (Å²) in [5.74, 6) is 0.0249. The lowest BCUT2D eigenvalue weighted by Crippen LogP contribution is -2.27. The third kappa shape index (κ3) is 4.58. The molecule has 0 aliphatic carbocycles. The highest BCUT2D eigenvalue weighted by atomic mass is 79.9. The Balaban J connectivity index is 1.73. The lowest BCUT2D eigenvalue weighted by molar-refractivity contribution is -0.120. The summed E-state index contributed by atoms with van der Waals surface area (Å²) in [6.07, 6.45) is 1.23. The summed E-state index contributed by atoms with van der Waals surface area (Å²) < 4.78 is 3.02. The third-order valence-corrected chi connectivity index (χ3v) is 4.84.